The van der Waals surface area contributed by atoms with Crippen molar-refractivity contribution in [2.24, 2.45) is 0 Å². The normalized spacial score (nSPS) is 10.5. The molecule has 0 N–H and O–H groups in total. The van der Waals surface area contributed by atoms with Crippen molar-refractivity contribution < 1.29 is 17.6 Å². The molecule has 5 heteroatoms. The molecule has 0 radical (unpaired) electrons. The first-order valence-electron chi connectivity index (χ1n) is 4.34. The number of aromatic nitrogens is 1. The van der Waals surface area contributed by atoms with Gasteiger partial charge in [0.15, 0.2) is 17.5 Å². The second-order valence-electron chi connectivity index (χ2n) is 3.08. The van der Waals surface area contributed by atoms with Crippen LogP contribution in [0, 0.1) is 23.3 Å². The SMILES string of the molecule is Fc1cc(F)c(-c2cccnc2)c(F)c1F. The Kier molecular flexibility index (Phi) is 2.60. The lowest BCUT2D eigenvalue weighted by Gasteiger charge is -2.05. The van der Waals surface area contributed by atoms with E-state index in [9.17, 15) is 17.6 Å². The van der Waals surface area contributed by atoms with Gasteiger partial charge in [-0.15, -0.1) is 0 Å². The Balaban J connectivity index is 2.71. The molecule has 0 aliphatic heterocycles. The Morgan fingerprint density at radius 1 is 0.938 bits per heavy atom. The lowest BCUT2D eigenvalue weighted by Crippen LogP contribution is -1.98. The van der Waals surface area contributed by atoms with Gasteiger partial charge >= 0.3 is 0 Å². The van der Waals surface area contributed by atoms with Crippen molar-refractivity contribution in [3.63, 3.8) is 0 Å². The van der Waals surface area contributed by atoms with E-state index >= 15 is 0 Å². The number of halogens is 4. The first-order valence-corrected chi connectivity index (χ1v) is 4.34. The largest absolute Gasteiger partial charge is 0.264 e. The van der Waals surface area contributed by atoms with Gasteiger partial charge in [-0.25, -0.2) is 17.6 Å². The zero-order valence-corrected chi connectivity index (χ0v) is 7.85. The predicted octanol–water partition coefficient (Wildman–Crippen LogP) is 3.31. The molecule has 16 heavy (non-hydrogen) atoms. The fourth-order valence-electron chi connectivity index (χ4n) is 1.34. The molecule has 0 unspecified atom stereocenters. The van der Waals surface area contributed by atoms with E-state index in [1.807, 2.05) is 0 Å². The van der Waals surface area contributed by atoms with Gasteiger partial charge in [0.2, 0.25) is 0 Å². The van der Waals surface area contributed by atoms with E-state index in [0.29, 0.717) is 6.07 Å². The van der Waals surface area contributed by atoms with E-state index < -0.39 is 28.8 Å². The first kappa shape index (κ1) is 10.6. The molecule has 0 aliphatic carbocycles. The maximum atomic E-state index is 13.3. The second kappa shape index (κ2) is 3.92. The number of pyridine rings is 1. The van der Waals surface area contributed by atoms with Gasteiger partial charge in [-0.1, -0.05) is 6.07 Å². The number of rotatable bonds is 1. The standard InChI is InChI=1S/C11H5F4N/c12-7-4-8(13)10(14)11(15)9(7)6-2-1-3-16-5-6/h1-5H. The molecule has 1 aromatic carbocycles. The van der Waals surface area contributed by atoms with Gasteiger partial charge in [0.1, 0.15) is 5.82 Å². The third-order valence-electron chi connectivity index (χ3n) is 2.06. The van der Waals surface area contributed by atoms with Crippen LogP contribution in [0.5, 0.6) is 0 Å². The number of nitrogens with zero attached hydrogens (tertiary/aromatic N) is 1. The lowest BCUT2D eigenvalue weighted by molar-refractivity contribution is 0.437. The molecule has 0 fully saturated rings. The van der Waals surface area contributed by atoms with Gasteiger partial charge in [0, 0.05) is 24.0 Å². The Bertz CT molecular complexity index is 525. The molecular formula is C11H5F4N. The molecule has 82 valence electrons. The highest BCUT2D eigenvalue weighted by Gasteiger charge is 2.19. The summed E-state index contributed by atoms with van der Waals surface area (Å²) >= 11 is 0. The van der Waals surface area contributed by atoms with Crippen molar-refractivity contribution in [2.75, 3.05) is 0 Å². The monoisotopic (exact) mass is 227 g/mol. The van der Waals surface area contributed by atoms with Crippen molar-refractivity contribution in [1.29, 1.82) is 0 Å². The Hall–Kier alpha value is -1.91. The summed E-state index contributed by atoms with van der Waals surface area (Å²) in [4.78, 5) is 3.65. The topological polar surface area (TPSA) is 12.9 Å². The second-order valence-corrected chi connectivity index (χ2v) is 3.08. The molecular weight excluding hydrogens is 222 g/mol. The third-order valence-corrected chi connectivity index (χ3v) is 2.06. The molecule has 0 spiro atoms. The van der Waals surface area contributed by atoms with E-state index in [0.717, 1.165) is 0 Å². The first-order chi connectivity index (χ1) is 7.61. The lowest BCUT2D eigenvalue weighted by atomic mass is 10.1. The minimum atomic E-state index is -1.69. The van der Waals surface area contributed by atoms with Gasteiger partial charge in [-0.2, -0.15) is 0 Å². The molecule has 1 aromatic heterocycles. The predicted molar refractivity (Wildman–Crippen MR) is 49.5 cm³/mol. The van der Waals surface area contributed by atoms with Gasteiger partial charge in [0.05, 0.1) is 5.56 Å². The molecule has 0 bridgehead atoms. The van der Waals surface area contributed by atoms with E-state index in [-0.39, 0.29) is 5.56 Å². The summed E-state index contributed by atoms with van der Waals surface area (Å²) in [5, 5.41) is 0. The molecule has 1 nitrogen and oxygen atoms in total. The summed E-state index contributed by atoms with van der Waals surface area (Å²) < 4.78 is 52.2. The molecule has 0 atom stereocenters. The van der Waals surface area contributed by atoms with Crippen molar-refractivity contribution in [3.8, 4) is 11.1 Å². The number of hydrogen-bond acceptors (Lipinski definition) is 1. The van der Waals surface area contributed by atoms with Crippen LogP contribution in [0.25, 0.3) is 11.1 Å². The average molecular weight is 227 g/mol. The fourth-order valence-corrected chi connectivity index (χ4v) is 1.34. The Morgan fingerprint density at radius 2 is 1.69 bits per heavy atom. The van der Waals surface area contributed by atoms with E-state index in [1.165, 1.54) is 24.5 Å². The maximum absolute atomic E-state index is 13.3. The van der Waals surface area contributed by atoms with Gasteiger partial charge in [0.25, 0.3) is 0 Å². The third kappa shape index (κ3) is 1.64. The summed E-state index contributed by atoms with van der Waals surface area (Å²) in [5.74, 6) is -5.96. The number of benzene rings is 1. The summed E-state index contributed by atoms with van der Waals surface area (Å²) in [6.07, 6.45) is 2.57. The highest BCUT2D eigenvalue weighted by atomic mass is 19.2. The Labute approximate surface area is 88.4 Å². The average Bonchev–Trinajstić information content (AvgIpc) is 2.28. The van der Waals surface area contributed by atoms with Crippen LogP contribution in [0.3, 0.4) is 0 Å². The number of hydrogen-bond donors (Lipinski definition) is 0. The Morgan fingerprint density at radius 3 is 2.31 bits per heavy atom. The van der Waals surface area contributed by atoms with Crippen molar-refractivity contribution in [2.45, 2.75) is 0 Å². The molecule has 0 saturated heterocycles. The zero-order chi connectivity index (χ0) is 11.7. The van der Waals surface area contributed by atoms with Crippen molar-refractivity contribution in [3.05, 3.63) is 53.9 Å². The highest BCUT2D eigenvalue weighted by Crippen LogP contribution is 2.28. The van der Waals surface area contributed by atoms with Crippen LogP contribution in [-0.2, 0) is 0 Å². The van der Waals surface area contributed by atoms with Crippen LogP contribution in [0.15, 0.2) is 30.6 Å². The van der Waals surface area contributed by atoms with E-state index in [2.05, 4.69) is 4.98 Å². The van der Waals surface area contributed by atoms with Crippen LogP contribution in [0.1, 0.15) is 0 Å². The van der Waals surface area contributed by atoms with Crippen molar-refractivity contribution >= 4 is 0 Å². The van der Waals surface area contributed by atoms with Gasteiger partial charge in [-0.05, 0) is 6.07 Å². The van der Waals surface area contributed by atoms with Crippen LogP contribution >= 0.6 is 0 Å². The van der Waals surface area contributed by atoms with E-state index in [4.69, 9.17) is 0 Å². The van der Waals surface area contributed by atoms with Gasteiger partial charge < -0.3 is 0 Å². The summed E-state index contributed by atoms with van der Waals surface area (Å²) in [7, 11) is 0. The summed E-state index contributed by atoms with van der Waals surface area (Å²) in [6, 6.07) is 3.10. The van der Waals surface area contributed by atoms with E-state index in [1.54, 1.807) is 0 Å². The molecule has 0 aliphatic rings. The quantitative estimate of drug-likeness (QED) is 0.413. The molecule has 0 amide bonds. The smallest absolute Gasteiger partial charge is 0.195 e. The molecule has 0 saturated carbocycles. The van der Waals surface area contributed by atoms with Gasteiger partial charge in [-0.3, -0.25) is 4.98 Å². The molecule has 2 aromatic rings. The molecule has 2 rings (SSSR count). The molecule has 1 heterocycles. The summed E-state index contributed by atoms with van der Waals surface area (Å²) in [6.45, 7) is 0. The minimum Gasteiger partial charge on any atom is -0.264 e. The van der Waals surface area contributed by atoms with Crippen LogP contribution in [-0.4, -0.2) is 4.98 Å². The maximum Gasteiger partial charge on any atom is 0.195 e. The van der Waals surface area contributed by atoms with Crippen LogP contribution < -0.4 is 0 Å². The fraction of sp³-hybridized carbons (Fsp3) is 0. The van der Waals surface area contributed by atoms with Crippen LogP contribution in [0.2, 0.25) is 0 Å². The van der Waals surface area contributed by atoms with Crippen LogP contribution in [0.4, 0.5) is 17.6 Å². The minimum absolute atomic E-state index is 0.0522. The summed E-state index contributed by atoms with van der Waals surface area (Å²) in [5.41, 5.74) is -0.566. The zero-order valence-electron chi connectivity index (χ0n) is 7.85. The highest BCUT2D eigenvalue weighted by molar-refractivity contribution is 5.63. The van der Waals surface area contributed by atoms with Crippen molar-refractivity contribution in [1.82, 2.24) is 4.98 Å².